The average molecular weight is 171 g/mol. The van der Waals surface area contributed by atoms with Crippen LogP contribution in [0.25, 0.3) is 0 Å². The molecule has 1 N–H and O–H groups in total. The molecule has 12 heavy (non-hydrogen) atoms. The van der Waals surface area contributed by atoms with Crippen LogP contribution in [-0.4, -0.2) is 13.1 Å². The molecule has 0 bridgehead atoms. The van der Waals surface area contributed by atoms with E-state index in [1.807, 2.05) is 0 Å². The third kappa shape index (κ3) is 9.96. The summed E-state index contributed by atoms with van der Waals surface area (Å²) in [6, 6.07) is 0. The van der Waals surface area contributed by atoms with E-state index in [4.69, 9.17) is 0 Å². The van der Waals surface area contributed by atoms with Gasteiger partial charge in [-0.3, -0.25) is 0 Å². The van der Waals surface area contributed by atoms with Crippen LogP contribution < -0.4 is 5.32 Å². The highest BCUT2D eigenvalue weighted by Gasteiger charge is 1.95. The van der Waals surface area contributed by atoms with Crippen molar-refractivity contribution in [1.29, 1.82) is 0 Å². The van der Waals surface area contributed by atoms with Gasteiger partial charge in [0, 0.05) is 0 Å². The highest BCUT2D eigenvalue weighted by atomic mass is 14.9. The Labute approximate surface area is 77.9 Å². The first kappa shape index (κ1) is 12.0. The number of hydrogen-bond donors (Lipinski definition) is 1. The minimum Gasteiger partial charge on any atom is -0.317 e. The SMILES string of the molecule is C1CCNC1.CC(C)CC(C)C. The van der Waals surface area contributed by atoms with Crippen molar-refractivity contribution < 1.29 is 0 Å². The molecule has 0 atom stereocenters. The van der Waals surface area contributed by atoms with E-state index in [1.54, 1.807) is 0 Å². The van der Waals surface area contributed by atoms with E-state index < -0.39 is 0 Å². The lowest BCUT2D eigenvalue weighted by atomic mass is 10.0. The number of hydrogen-bond acceptors (Lipinski definition) is 1. The molecule has 0 aromatic rings. The summed E-state index contributed by atoms with van der Waals surface area (Å²) in [7, 11) is 0. The zero-order chi connectivity index (χ0) is 9.40. The van der Waals surface area contributed by atoms with Crippen LogP contribution in [0.2, 0.25) is 0 Å². The average Bonchev–Trinajstić information content (AvgIpc) is 2.36. The Kier molecular flexibility index (Phi) is 7.58. The third-order valence-corrected chi connectivity index (χ3v) is 1.90. The van der Waals surface area contributed by atoms with Gasteiger partial charge in [-0.05, 0) is 44.2 Å². The zero-order valence-electron chi connectivity index (χ0n) is 9.19. The molecule has 1 heterocycles. The molecule has 0 amide bonds. The van der Waals surface area contributed by atoms with Gasteiger partial charge in [0.25, 0.3) is 0 Å². The molecule has 1 aliphatic heterocycles. The Morgan fingerprint density at radius 3 is 1.42 bits per heavy atom. The van der Waals surface area contributed by atoms with E-state index in [9.17, 15) is 0 Å². The van der Waals surface area contributed by atoms with E-state index in [0.29, 0.717) is 0 Å². The predicted molar refractivity (Wildman–Crippen MR) is 56.4 cm³/mol. The van der Waals surface area contributed by atoms with Gasteiger partial charge in [-0.15, -0.1) is 0 Å². The lowest BCUT2D eigenvalue weighted by molar-refractivity contribution is 0.469. The van der Waals surface area contributed by atoms with E-state index >= 15 is 0 Å². The fraction of sp³-hybridized carbons (Fsp3) is 1.00. The summed E-state index contributed by atoms with van der Waals surface area (Å²) in [5.74, 6) is 1.75. The molecule has 1 fully saturated rings. The summed E-state index contributed by atoms with van der Waals surface area (Å²) in [6.45, 7) is 11.6. The zero-order valence-corrected chi connectivity index (χ0v) is 9.19. The van der Waals surface area contributed by atoms with Gasteiger partial charge in [0.2, 0.25) is 0 Å². The normalized spacial score (nSPS) is 16.5. The van der Waals surface area contributed by atoms with Crippen molar-refractivity contribution >= 4 is 0 Å². The highest BCUT2D eigenvalue weighted by Crippen LogP contribution is 2.08. The largest absolute Gasteiger partial charge is 0.317 e. The minimum atomic E-state index is 0.875. The van der Waals surface area contributed by atoms with E-state index in [1.165, 1.54) is 32.4 Å². The monoisotopic (exact) mass is 171 g/mol. The van der Waals surface area contributed by atoms with Crippen LogP contribution >= 0.6 is 0 Å². The Morgan fingerprint density at radius 2 is 1.33 bits per heavy atom. The van der Waals surface area contributed by atoms with E-state index in [0.717, 1.165) is 11.8 Å². The Morgan fingerprint density at radius 1 is 0.917 bits per heavy atom. The molecule has 0 radical (unpaired) electrons. The standard InChI is InChI=1S/C7H16.C4H9N/c1-6(2)5-7(3)4;1-2-4-5-3-1/h6-7H,5H2,1-4H3;5H,1-4H2. The molecular formula is C11H25N. The molecule has 1 saturated heterocycles. The summed E-state index contributed by atoms with van der Waals surface area (Å²) >= 11 is 0. The number of nitrogens with one attached hydrogen (secondary N) is 1. The topological polar surface area (TPSA) is 12.0 Å². The first-order valence-corrected chi connectivity index (χ1v) is 5.33. The number of rotatable bonds is 2. The fourth-order valence-corrected chi connectivity index (χ4v) is 1.57. The van der Waals surface area contributed by atoms with Crippen molar-refractivity contribution in [1.82, 2.24) is 5.32 Å². The Balaban J connectivity index is 0.000000211. The van der Waals surface area contributed by atoms with Crippen LogP contribution in [0.5, 0.6) is 0 Å². The summed E-state index contributed by atoms with van der Waals surface area (Å²) < 4.78 is 0. The quantitative estimate of drug-likeness (QED) is 0.673. The molecule has 0 aliphatic carbocycles. The predicted octanol–water partition coefficient (Wildman–Crippen LogP) is 3.06. The molecule has 0 saturated carbocycles. The van der Waals surface area contributed by atoms with E-state index in [2.05, 4.69) is 33.0 Å². The molecule has 0 spiro atoms. The lowest BCUT2D eigenvalue weighted by Gasteiger charge is -2.05. The van der Waals surface area contributed by atoms with Gasteiger partial charge in [0.15, 0.2) is 0 Å². The maximum Gasteiger partial charge on any atom is -0.00484 e. The molecule has 0 aromatic carbocycles. The second-order valence-electron chi connectivity index (χ2n) is 4.48. The highest BCUT2D eigenvalue weighted by molar-refractivity contribution is 4.55. The summed E-state index contributed by atoms with van der Waals surface area (Å²) in [4.78, 5) is 0. The Bertz CT molecular complexity index is 69.4. The fourth-order valence-electron chi connectivity index (χ4n) is 1.57. The van der Waals surface area contributed by atoms with Gasteiger partial charge >= 0.3 is 0 Å². The first-order valence-electron chi connectivity index (χ1n) is 5.33. The van der Waals surface area contributed by atoms with Crippen molar-refractivity contribution in [2.24, 2.45) is 11.8 Å². The van der Waals surface area contributed by atoms with Crippen LogP contribution in [0.1, 0.15) is 47.0 Å². The Hall–Kier alpha value is -0.0400. The minimum absolute atomic E-state index is 0.875. The third-order valence-electron chi connectivity index (χ3n) is 1.90. The smallest absolute Gasteiger partial charge is 0.00484 e. The van der Waals surface area contributed by atoms with Gasteiger partial charge in [0.1, 0.15) is 0 Å². The molecule has 1 heteroatoms. The van der Waals surface area contributed by atoms with Crippen LogP contribution in [0.3, 0.4) is 0 Å². The van der Waals surface area contributed by atoms with Crippen molar-refractivity contribution in [3.8, 4) is 0 Å². The molecule has 1 aliphatic rings. The van der Waals surface area contributed by atoms with Crippen LogP contribution in [0, 0.1) is 11.8 Å². The molecule has 0 unspecified atom stereocenters. The molecule has 1 nitrogen and oxygen atoms in total. The van der Waals surface area contributed by atoms with Crippen molar-refractivity contribution in [3.63, 3.8) is 0 Å². The molecular weight excluding hydrogens is 146 g/mol. The van der Waals surface area contributed by atoms with Gasteiger partial charge in [-0.1, -0.05) is 27.7 Å². The van der Waals surface area contributed by atoms with Crippen LogP contribution in [0.15, 0.2) is 0 Å². The summed E-state index contributed by atoms with van der Waals surface area (Å²) in [6.07, 6.45) is 4.14. The van der Waals surface area contributed by atoms with Crippen molar-refractivity contribution in [2.45, 2.75) is 47.0 Å². The summed E-state index contributed by atoms with van der Waals surface area (Å²) in [5.41, 5.74) is 0. The molecule has 0 aromatic heterocycles. The molecule has 74 valence electrons. The van der Waals surface area contributed by atoms with Gasteiger partial charge in [0.05, 0.1) is 0 Å². The van der Waals surface area contributed by atoms with Gasteiger partial charge < -0.3 is 5.32 Å². The van der Waals surface area contributed by atoms with Crippen LogP contribution in [0.4, 0.5) is 0 Å². The van der Waals surface area contributed by atoms with Gasteiger partial charge in [-0.25, -0.2) is 0 Å². The van der Waals surface area contributed by atoms with Crippen molar-refractivity contribution in [3.05, 3.63) is 0 Å². The second-order valence-corrected chi connectivity index (χ2v) is 4.48. The van der Waals surface area contributed by atoms with Crippen molar-refractivity contribution in [2.75, 3.05) is 13.1 Å². The second kappa shape index (κ2) is 7.60. The molecule has 1 rings (SSSR count). The van der Waals surface area contributed by atoms with Crippen LogP contribution in [-0.2, 0) is 0 Å². The van der Waals surface area contributed by atoms with Gasteiger partial charge in [-0.2, -0.15) is 0 Å². The maximum atomic E-state index is 3.22. The maximum absolute atomic E-state index is 3.22. The summed E-state index contributed by atoms with van der Waals surface area (Å²) in [5, 5.41) is 3.22. The lowest BCUT2D eigenvalue weighted by Crippen LogP contribution is -2.03. The first-order chi connectivity index (χ1) is 5.63. The van der Waals surface area contributed by atoms with E-state index in [-0.39, 0.29) is 0 Å².